The van der Waals surface area contributed by atoms with Crippen molar-refractivity contribution >= 4 is 23.3 Å². The summed E-state index contributed by atoms with van der Waals surface area (Å²) < 4.78 is 17.5. The van der Waals surface area contributed by atoms with Gasteiger partial charge in [-0.2, -0.15) is 5.10 Å². The first-order valence-corrected chi connectivity index (χ1v) is 9.99. The second-order valence-corrected chi connectivity index (χ2v) is 6.85. The van der Waals surface area contributed by atoms with Crippen LogP contribution in [-0.4, -0.2) is 32.8 Å². The molecule has 32 heavy (non-hydrogen) atoms. The Bertz CT molecular complexity index is 1250. The van der Waals surface area contributed by atoms with E-state index in [2.05, 4.69) is 21.0 Å². The molecule has 3 amide bonds. The molecule has 0 aliphatic carbocycles. The van der Waals surface area contributed by atoms with Crippen molar-refractivity contribution in [2.75, 3.05) is 17.2 Å². The van der Waals surface area contributed by atoms with Crippen LogP contribution in [0.5, 0.6) is 0 Å². The predicted octanol–water partition coefficient (Wildman–Crippen LogP) is 4.20. The second kappa shape index (κ2) is 9.17. The van der Waals surface area contributed by atoms with Gasteiger partial charge in [-0.1, -0.05) is 18.2 Å². The third-order valence-electron chi connectivity index (χ3n) is 4.63. The summed E-state index contributed by atoms with van der Waals surface area (Å²) in [4.78, 5) is 24.9. The Kier molecular flexibility index (Phi) is 5.98. The van der Waals surface area contributed by atoms with Crippen molar-refractivity contribution in [1.82, 2.24) is 19.7 Å². The molecule has 0 radical (unpaired) electrons. The summed E-state index contributed by atoms with van der Waals surface area (Å²) in [6.45, 7) is 2.32. The predicted molar refractivity (Wildman–Crippen MR) is 120 cm³/mol. The molecule has 0 bridgehead atoms. The average Bonchev–Trinajstić information content (AvgIpc) is 3.44. The molecule has 0 fully saturated rings. The van der Waals surface area contributed by atoms with Crippen LogP contribution in [0.2, 0.25) is 0 Å². The van der Waals surface area contributed by atoms with Crippen LogP contribution in [-0.2, 0) is 0 Å². The fourth-order valence-electron chi connectivity index (χ4n) is 3.24. The Morgan fingerprint density at radius 3 is 2.41 bits per heavy atom. The number of rotatable bonds is 6. The van der Waals surface area contributed by atoms with Crippen molar-refractivity contribution in [2.45, 2.75) is 6.92 Å². The number of benzene rings is 2. The van der Waals surface area contributed by atoms with Crippen molar-refractivity contribution in [2.24, 2.45) is 0 Å². The highest BCUT2D eigenvalue weighted by molar-refractivity contribution is 6.06. The minimum atomic E-state index is -0.458. The van der Waals surface area contributed by atoms with E-state index in [0.29, 0.717) is 23.7 Å². The number of carbonyl (C=O) groups is 2. The van der Waals surface area contributed by atoms with Gasteiger partial charge in [0.15, 0.2) is 5.82 Å². The van der Waals surface area contributed by atoms with E-state index in [0.717, 1.165) is 0 Å². The third-order valence-corrected chi connectivity index (χ3v) is 4.63. The maximum atomic E-state index is 14.4. The Morgan fingerprint density at radius 1 is 0.969 bits per heavy atom. The number of para-hydroxylation sites is 1. The molecule has 0 saturated heterocycles. The zero-order chi connectivity index (χ0) is 22.5. The standard InChI is InChI=1S/C23H21FN6O2/c1-2-25-23(32)28-17-9-7-8-16(14-17)27-21(31)18-15-26-30(20-11-4-3-10-19(20)24)22(18)29-12-5-6-13-29/h3-15H,2H2,1H3,(H,27,31)(H2,25,28,32). The van der Waals surface area contributed by atoms with Crippen LogP contribution in [0.15, 0.2) is 79.3 Å². The highest BCUT2D eigenvalue weighted by Gasteiger charge is 2.21. The summed E-state index contributed by atoms with van der Waals surface area (Å²) in [5.41, 5.74) is 1.50. The maximum Gasteiger partial charge on any atom is 0.319 e. The fraction of sp³-hybridized carbons (Fsp3) is 0.0870. The van der Waals surface area contributed by atoms with Gasteiger partial charge in [0, 0.05) is 30.3 Å². The lowest BCUT2D eigenvalue weighted by atomic mass is 10.2. The number of hydrogen-bond acceptors (Lipinski definition) is 3. The molecule has 0 aliphatic heterocycles. The van der Waals surface area contributed by atoms with Gasteiger partial charge in [-0.25, -0.2) is 13.9 Å². The number of anilines is 2. The lowest BCUT2D eigenvalue weighted by Gasteiger charge is -2.12. The van der Waals surface area contributed by atoms with E-state index in [-0.39, 0.29) is 17.3 Å². The smallest absolute Gasteiger partial charge is 0.319 e. The monoisotopic (exact) mass is 432 g/mol. The molecule has 0 atom stereocenters. The molecule has 2 heterocycles. The van der Waals surface area contributed by atoms with Crippen LogP contribution in [0.1, 0.15) is 17.3 Å². The van der Waals surface area contributed by atoms with Gasteiger partial charge in [-0.05, 0) is 49.4 Å². The van der Waals surface area contributed by atoms with Gasteiger partial charge in [-0.3, -0.25) is 4.79 Å². The van der Waals surface area contributed by atoms with Crippen LogP contribution < -0.4 is 16.0 Å². The molecule has 162 valence electrons. The summed E-state index contributed by atoms with van der Waals surface area (Å²) in [7, 11) is 0. The fourth-order valence-corrected chi connectivity index (χ4v) is 3.24. The zero-order valence-electron chi connectivity index (χ0n) is 17.2. The number of urea groups is 1. The van der Waals surface area contributed by atoms with Gasteiger partial charge in [0.1, 0.15) is 17.1 Å². The first kappa shape index (κ1) is 20.9. The number of halogens is 1. The molecule has 2 aromatic carbocycles. The topological polar surface area (TPSA) is 93.0 Å². The quantitative estimate of drug-likeness (QED) is 0.426. The van der Waals surface area contributed by atoms with E-state index < -0.39 is 11.7 Å². The van der Waals surface area contributed by atoms with Gasteiger partial charge >= 0.3 is 6.03 Å². The molecule has 9 heteroatoms. The van der Waals surface area contributed by atoms with Gasteiger partial charge in [0.25, 0.3) is 5.91 Å². The number of hydrogen-bond donors (Lipinski definition) is 3. The molecular formula is C23H21FN6O2. The summed E-state index contributed by atoms with van der Waals surface area (Å²) >= 11 is 0. The largest absolute Gasteiger partial charge is 0.338 e. The minimum Gasteiger partial charge on any atom is -0.338 e. The minimum absolute atomic E-state index is 0.225. The van der Waals surface area contributed by atoms with E-state index in [1.54, 1.807) is 71.6 Å². The molecule has 8 nitrogen and oxygen atoms in total. The molecular weight excluding hydrogens is 411 g/mol. The van der Waals surface area contributed by atoms with E-state index in [1.807, 2.05) is 6.92 Å². The molecule has 0 unspecified atom stereocenters. The van der Waals surface area contributed by atoms with Crippen molar-refractivity contribution in [3.63, 3.8) is 0 Å². The number of amides is 3. The van der Waals surface area contributed by atoms with Crippen LogP contribution in [0.4, 0.5) is 20.6 Å². The van der Waals surface area contributed by atoms with Crippen molar-refractivity contribution in [3.8, 4) is 11.5 Å². The highest BCUT2D eigenvalue weighted by atomic mass is 19.1. The molecule has 0 aliphatic rings. The van der Waals surface area contributed by atoms with Gasteiger partial charge in [0.05, 0.1) is 6.20 Å². The summed E-state index contributed by atoms with van der Waals surface area (Å²) in [6, 6.07) is 16.3. The Morgan fingerprint density at radius 2 is 1.69 bits per heavy atom. The van der Waals surface area contributed by atoms with Crippen LogP contribution >= 0.6 is 0 Å². The van der Waals surface area contributed by atoms with Crippen LogP contribution in [0, 0.1) is 5.82 Å². The highest BCUT2D eigenvalue weighted by Crippen LogP contribution is 2.23. The maximum absolute atomic E-state index is 14.4. The number of nitrogens with one attached hydrogen (secondary N) is 3. The van der Waals surface area contributed by atoms with Crippen LogP contribution in [0.25, 0.3) is 11.5 Å². The van der Waals surface area contributed by atoms with E-state index in [4.69, 9.17) is 0 Å². The lowest BCUT2D eigenvalue weighted by molar-refractivity contribution is 0.102. The molecule has 4 aromatic rings. The van der Waals surface area contributed by atoms with Gasteiger partial charge in [0.2, 0.25) is 0 Å². The van der Waals surface area contributed by atoms with Gasteiger partial charge in [-0.15, -0.1) is 0 Å². The molecule has 4 rings (SSSR count). The summed E-state index contributed by atoms with van der Waals surface area (Å²) in [5.74, 6) is -0.485. The Labute approximate surface area is 183 Å². The van der Waals surface area contributed by atoms with E-state index >= 15 is 0 Å². The van der Waals surface area contributed by atoms with Crippen molar-refractivity contribution in [3.05, 3.63) is 90.6 Å². The third kappa shape index (κ3) is 4.36. The van der Waals surface area contributed by atoms with Crippen molar-refractivity contribution < 1.29 is 14.0 Å². The molecule has 0 spiro atoms. The average molecular weight is 432 g/mol. The van der Waals surface area contributed by atoms with Crippen LogP contribution in [0.3, 0.4) is 0 Å². The van der Waals surface area contributed by atoms with E-state index in [9.17, 15) is 14.0 Å². The number of nitrogens with zero attached hydrogens (tertiary/aromatic N) is 3. The number of aromatic nitrogens is 3. The molecule has 2 aromatic heterocycles. The van der Waals surface area contributed by atoms with E-state index in [1.165, 1.54) is 16.9 Å². The van der Waals surface area contributed by atoms with Crippen molar-refractivity contribution in [1.29, 1.82) is 0 Å². The summed E-state index contributed by atoms with van der Waals surface area (Å²) in [6.07, 6.45) is 4.90. The summed E-state index contributed by atoms with van der Waals surface area (Å²) in [5, 5.41) is 12.4. The molecule has 0 saturated carbocycles. The lowest BCUT2D eigenvalue weighted by Crippen LogP contribution is -2.28. The zero-order valence-corrected chi connectivity index (χ0v) is 17.2. The second-order valence-electron chi connectivity index (χ2n) is 6.85. The molecule has 3 N–H and O–H groups in total. The number of carbonyl (C=O) groups excluding carboxylic acids is 2. The Balaban J connectivity index is 1.65. The Hall–Kier alpha value is -4.40. The first-order chi connectivity index (χ1) is 15.6. The first-order valence-electron chi connectivity index (χ1n) is 9.99. The normalized spacial score (nSPS) is 10.6. The van der Waals surface area contributed by atoms with Gasteiger partial charge < -0.3 is 20.5 Å². The SMILES string of the molecule is CCNC(=O)Nc1cccc(NC(=O)c2cnn(-c3ccccc3F)c2-n2cccc2)c1.